The van der Waals surface area contributed by atoms with Crippen LogP contribution >= 0.6 is 24.0 Å². The van der Waals surface area contributed by atoms with Crippen molar-refractivity contribution in [1.82, 2.24) is 10.6 Å². The van der Waals surface area contributed by atoms with Gasteiger partial charge in [-0.2, -0.15) is 0 Å². The SMILES string of the molecule is CCN[C@H](C)CNC(=O)c1ccccc1Cl.Cl. The van der Waals surface area contributed by atoms with Crippen LogP contribution in [0.3, 0.4) is 0 Å². The van der Waals surface area contributed by atoms with Crippen LogP contribution in [0.4, 0.5) is 0 Å². The standard InChI is InChI=1S/C12H17ClN2O.ClH/c1-3-14-9(2)8-15-12(16)10-6-4-5-7-11(10)13;/h4-7,9,14H,3,8H2,1-2H3,(H,15,16);1H/t9-;/m1./s1. The van der Waals surface area contributed by atoms with Gasteiger partial charge in [-0.05, 0) is 25.6 Å². The minimum atomic E-state index is -0.129. The van der Waals surface area contributed by atoms with E-state index in [-0.39, 0.29) is 24.4 Å². The lowest BCUT2D eigenvalue weighted by atomic mass is 10.2. The van der Waals surface area contributed by atoms with Gasteiger partial charge in [-0.1, -0.05) is 30.7 Å². The van der Waals surface area contributed by atoms with Crippen LogP contribution in [-0.2, 0) is 0 Å². The third-order valence-electron chi connectivity index (χ3n) is 2.24. The number of halogens is 2. The van der Waals surface area contributed by atoms with Crippen molar-refractivity contribution >= 4 is 29.9 Å². The molecule has 1 rings (SSSR count). The van der Waals surface area contributed by atoms with E-state index in [0.29, 0.717) is 17.1 Å². The highest BCUT2D eigenvalue weighted by Crippen LogP contribution is 2.14. The third kappa shape index (κ3) is 5.39. The summed E-state index contributed by atoms with van der Waals surface area (Å²) in [5, 5.41) is 6.54. The predicted octanol–water partition coefficient (Wildman–Crippen LogP) is 2.49. The van der Waals surface area contributed by atoms with Crippen molar-refractivity contribution in [3.05, 3.63) is 34.9 Å². The van der Waals surface area contributed by atoms with E-state index in [4.69, 9.17) is 11.6 Å². The maximum Gasteiger partial charge on any atom is 0.252 e. The first-order valence-corrected chi connectivity index (χ1v) is 5.79. The zero-order valence-corrected chi connectivity index (χ0v) is 11.6. The van der Waals surface area contributed by atoms with Gasteiger partial charge >= 0.3 is 0 Å². The molecule has 0 saturated heterocycles. The molecule has 3 nitrogen and oxygen atoms in total. The summed E-state index contributed by atoms with van der Waals surface area (Å²) in [6.45, 7) is 5.55. The number of amides is 1. The average Bonchev–Trinajstić information content (AvgIpc) is 2.27. The second-order valence-electron chi connectivity index (χ2n) is 3.65. The Morgan fingerprint density at radius 1 is 1.41 bits per heavy atom. The lowest BCUT2D eigenvalue weighted by Crippen LogP contribution is -2.38. The Morgan fingerprint density at radius 2 is 2.06 bits per heavy atom. The Kier molecular flexibility index (Phi) is 7.96. The molecule has 0 heterocycles. The molecule has 0 radical (unpaired) electrons. The molecule has 0 saturated carbocycles. The van der Waals surface area contributed by atoms with Crippen molar-refractivity contribution in [2.45, 2.75) is 19.9 Å². The summed E-state index contributed by atoms with van der Waals surface area (Å²) >= 11 is 5.92. The zero-order chi connectivity index (χ0) is 12.0. The summed E-state index contributed by atoms with van der Waals surface area (Å²) in [6, 6.07) is 7.30. The van der Waals surface area contributed by atoms with Crippen molar-refractivity contribution < 1.29 is 4.79 Å². The number of benzene rings is 1. The van der Waals surface area contributed by atoms with Gasteiger partial charge in [-0.3, -0.25) is 4.79 Å². The molecule has 0 aliphatic heterocycles. The van der Waals surface area contributed by atoms with Gasteiger partial charge < -0.3 is 10.6 Å². The Hall–Kier alpha value is -0.770. The van der Waals surface area contributed by atoms with Crippen LogP contribution in [-0.4, -0.2) is 25.0 Å². The first-order chi connectivity index (χ1) is 7.65. The number of carbonyl (C=O) groups excluding carboxylic acids is 1. The van der Waals surface area contributed by atoms with Crippen molar-refractivity contribution in [2.75, 3.05) is 13.1 Å². The summed E-state index contributed by atoms with van der Waals surface area (Å²) in [4.78, 5) is 11.8. The number of likely N-dealkylation sites (N-methyl/N-ethyl adjacent to an activating group) is 1. The molecule has 0 aliphatic carbocycles. The highest BCUT2D eigenvalue weighted by Gasteiger charge is 2.09. The molecule has 0 aromatic heterocycles. The molecular formula is C12H18Cl2N2O. The maximum atomic E-state index is 11.8. The van der Waals surface area contributed by atoms with E-state index in [9.17, 15) is 4.79 Å². The highest BCUT2D eigenvalue weighted by atomic mass is 35.5. The number of nitrogens with one attached hydrogen (secondary N) is 2. The number of rotatable bonds is 5. The largest absolute Gasteiger partial charge is 0.350 e. The fraction of sp³-hybridized carbons (Fsp3) is 0.417. The Bertz CT molecular complexity index is 358. The van der Waals surface area contributed by atoms with Gasteiger partial charge in [0.15, 0.2) is 0 Å². The monoisotopic (exact) mass is 276 g/mol. The van der Waals surface area contributed by atoms with E-state index in [1.165, 1.54) is 0 Å². The lowest BCUT2D eigenvalue weighted by Gasteiger charge is -2.13. The van der Waals surface area contributed by atoms with E-state index in [1.54, 1.807) is 24.3 Å². The van der Waals surface area contributed by atoms with E-state index in [2.05, 4.69) is 10.6 Å². The fourth-order valence-corrected chi connectivity index (χ4v) is 1.63. The molecule has 1 aromatic carbocycles. The van der Waals surface area contributed by atoms with E-state index < -0.39 is 0 Å². The Balaban J connectivity index is 0.00000256. The summed E-state index contributed by atoms with van der Waals surface area (Å²) < 4.78 is 0. The van der Waals surface area contributed by atoms with Gasteiger partial charge in [0.1, 0.15) is 0 Å². The highest BCUT2D eigenvalue weighted by molar-refractivity contribution is 6.33. The number of hydrogen-bond donors (Lipinski definition) is 2. The van der Waals surface area contributed by atoms with Gasteiger partial charge in [0.2, 0.25) is 0 Å². The molecule has 0 aliphatic rings. The molecular weight excluding hydrogens is 259 g/mol. The first kappa shape index (κ1) is 16.2. The van der Waals surface area contributed by atoms with Gasteiger partial charge in [-0.15, -0.1) is 12.4 Å². The third-order valence-corrected chi connectivity index (χ3v) is 2.57. The summed E-state index contributed by atoms with van der Waals surface area (Å²) in [7, 11) is 0. The molecule has 0 bridgehead atoms. The number of carbonyl (C=O) groups is 1. The zero-order valence-electron chi connectivity index (χ0n) is 10.00. The Morgan fingerprint density at radius 3 is 2.65 bits per heavy atom. The quantitative estimate of drug-likeness (QED) is 0.868. The molecule has 0 spiro atoms. The van der Waals surface area contributed by atoms with Crippen LogP contribution < -0.4 is 10.6 Å². The minimum absolute atomic E-state index is 0. The molecule has 1 aromatic rings. The van der Waals surface area contributed by atoms with Crippen molar-refractivity contribution in [2.24, 2.45) is 0 Å². The van der Waals surface area contributed by atoms with E-state index in [1.807, 2.05) is 13.8 Å². The van der Waals surface area contributed by atoms with Crippen LogP contribution in [0.2, 0.25) is 5.02 Å². The van der Waals surface area contributed by atoms with Gasteiger partial charge in [0.05, 0.1) is 10.6 Å². The molecule has 0 fully saturated rings. The van der Waals surface area contributed by atoms with Crippen molar-refractivity contribution in [3.63, 3.8) is 0 Å². The normalized spacial score (nSPS) is 11.5. The summed E-state index contributed by atoms with van der Waals surface area (Å²) in [5.74, 6) is -0.129. The smallest absolute Gasteiger partial charge is 0.252 e. The summed E-state index contributed by atoms with van der Waals surface area (Å²) in [5.41, 5.74) is 0.521. The molecule has 17 heavy (non-hydrogen) atoms. The van der Waals surface area contributed by atoms with Crippen LogP contribution in [0.25, 0.3) is 0 Å². The second kappa shape index (κ2) is 8.34. The molecule has 1 amide bonds. The predicted molar refractivity (Wildman–Crippen MR) is 74.2 cm³/mol. The van der Waals surface area contributed by atoms with Gasteiger partial charge in [0.25, 0.3) is 5.91 Å². The fourth-order valence-electron chi connectivity index (χ4n) is 1.41. The van der Waals surface area contributed by atoms with Gasteiger partial charge in [0, 0.05) is 12.6 Å². The lowest BCUT2D eigenvalue weighted by molar-refractivity contribution is 0.0950. The van der Waals surface area contributed by atoms with E-state index >= 15 is 0 Å². The van der Waals surface area contributed by atoms with Gasteiger partial charge in [-0.25, -0.2) is 0 Å². The molecule has 2 N–H and O–H groups in total. The van der Waals surface area contributed by atoms with Crippen molar-refractivity contribution in [1.29, 1.82) is 0 Å². The van der Waals surface area contributed by atoms with Crippen molar-refractivity contribution in [3.8, 4) is 0 Å². The van der Waals surface area contributed by atoms with Crippen LogP contribution in [0.5, 0.6) is 0 Å². The van der Waals surface area contributed by atoms with Crippen LogP contribution in [0.15, 0.2) is 24.3 Å². The number of hydrogen-bond acceptors (Lipinski definition) is 2. The van der Waals surface area contributed by atoms with E-state index in [0.717, 1.165) is 6.54 Å². The molecule has 1 atom stereocenters. The molecule has 0 unspecified atom stereocenters. The van der Waals surface area contributed by atoms with Crippen LogP contribution in [0.1, 0.15) is 24.2 Å². The topological polar surface area (TPSA) is 41.1 Å². The summed E-state index contributed by atoms with van der Waals surface area (Å²) in [6.07, 6.45) is 0. The first-order valence-electron chi connectivity index (χ1n) is 5.41. The maximum absolute atomic E-state index is 11.8. The second-order valence-corrected chi connectivity index (χ2v) is 4.06. The van der Waals surface area contributed by atoms with Crippen LogP contribution in [0, 0.1) is 0 Å². The Labute approximate surface area is 113 Å². The molecule has 96 valence electrons. The minimum Gasteiger partial charge on any atom is -0.350 e. The molecule has 5 heteroatoms. The average molecular weight is 277 g/mol.